The van der Waals surface area contributed by atoms with Gasteiger partial charge in [0.1, 0.15) is 5.75 Å². The summed E-state index contributed by atoms with van der Waals surface area (Å²) >= 11 is 0. The Morgan fingerprint density at radius 3 is 2.52 bits per heavy atom. The molecule has 1 saturated heterocycles. The summed E-state index contributed by atoms with van der Waals surface area (Å²) in [5.41, 5.74) is 0.608. The molecule has 0 unspecified atom stereocenters. The van der Waals surface area contributed by atoms with Crippen LogP contribution in [0.5, 0.6) is 5.75 Å². The Balaban J connectivity index is 1.64. The average molecular weight is 343 g/mol. The number of rotatable bonds is 3. The Bertz CT molecular complexity index is 654. The lowest BCUT2D eigenvalue weighted by atomic mass is 9.69. The van der Waals surface area contributed by atoms with Gasteiger partial charge >= 0.3 is 6.09 Å². The third-order valence-electron chi connectivity index (χ3n) is 5.75. The van der Waals surface area contributed by atoms with Crippen LogP contribution in [0.25, 0.3) is 0 Å². The number of carboxylic acid groups (broad SMARTS) is 1. The van der Waals surface area contributed by atoms with Crippen molar-refractivity contribution in [2.75, 3.05) is 33.3 Å². The highest BCUT2D eigenvalue weighted by Gasteiger charge is 2.39. The van der Waals surface area contributed by atoms with Crippen molar-refractivity contribution in [2.45, 2.75) is 37.1 Å². The molecular weight excluding hydrogens is 318 g/mol. The molecule has 25 heavy (non-hydrogen) atoms. The maximum atomic E-state index is 11.0. The van der Waals surface area contributed by atoms with Crippen LogP contribution in [0.2, 0.25) is 0 Å². The predicted octanol–water partition coefficient (Wildman–Crippen LogP) is 2.69. The van der Waals surface area contributed by atoms with Crippen molar-refractivity contribution >= 4 is 6.09 Å². The van der Waals surface area contributed by atoms with Crippen LogP contribution >= 0.6 is 0 Å². The molecule has 1 amide bonds. The SMILES string of the molecule is COc1cccc([C@]2(C#N)CC[C@@H](N3CCN(C(=O)O)CC3)CC2)c1. The molecule has 0 radical (unpaired) electrons. The number of ether oxygens (including phenoxy) is 1. The van der Waals surface area contributed by atoms with E-state index in [0.29, 0.717) is 19.1 Å². The largest absolute Gasteiger partial charge is 0.497 e. The number of carbonyl (C=O) groups is 1. The number of piperazine rings is 1. The third-order valence-corrected chi connectivity index (χ3v) is 5.75. The maximum absolute atomic E-state index is 11.0. The van der Waals surface area contributed by atoms with Gasteiger partial charge in [-0.15, -0.1) is 0 Å². The second-order valence-corrected chi connectivity index (χ2v) is 6.96. The Morgan fingerprint density at radius 2 is 1.96 bits per heavy atom. The standard InChI is InChI=1S/C19H25N3O3/c1-25-17-4-2-3-15(13-17)19(14-20)7-5-16(6-8-19)21-9-11-22(12-10-21)18(23)24/h2-4,13,16H,5-12H2,1H3,(H,23,24)/t16-,19-. The van der Waals surface area contributed by atoms with Gasteiger partial charge in [0.05, 0.1) is 18.6 Å². The second-order valence-electron chi connectivity index (χ2n) is 6.96. The lowest BCUT2D eigenvalue weighted by molar-refractivity contribution is 0.0672. The molecule has 1 saturated carbocycles. The predicted molar refractivity (Wildman–Crippen MR) is 93.7 cm³/mol. The Hall–Kier alpha value is -2.26. The molecule has 1 aromatic carbocycles. The molecule has 1 aliphatic carbocycles. The first kappa shape index (κ1) is 17.6. The van der Waals surface area contributed by atoms with E-state index in [1.807, 2.05) is 24.3 Å². The fourth-order valence-corrected chi connectivity index (χ4v) is 4.12. The van der Waals surface area contributed by atoms with E-state index in [4.69, 9.17) is 9.84 Å². The number of hydrogen-bond acceptors (Lipinski definition) is 4. The third kappa shape index (κ3) is 3.57. The quantitative estimate of drug-likeness (QED) is 0.913. The van der Waals surface area contributed by atoms with Crippen LogP contribution < -0.4 is 4.74 Å². The van der Waals surface area contributed by atoms with Crippen LogP contribution in [-0.4, -0.2) is 60.3 Å². The first-order valence-corrected chi connectivity index (χ1v) is 8.86. The van der Waals surface area contributed by atoms with Crippen LogP contribution in [0.4, 0.5) is 4.79 Å². The summed E-state index contributed by atoms with van der Waals surface area (Å²) in [6, 6.07) is 10.9. The van der Waals surface area contributed by atoms with E-state index in [-0.39, 0.29) is 0 Å². The van der Waals surface area contributed by atoms with E-state index < -0.39 is 11.5 Å². The van der Waals surface area contributed by atoms with E-state index >= 15 is 0 Å². The monoisotopic (exact) mass is 343 g/mol. The zero-order valence-electron chi connectivity index (χ0n) is 14.6. The number of nitrogens with zero attached hydrogens (tertiary/aromatic N) is 3. The minimum atomic E-state index is -0.829. The second kappa shape index (κ2) is 7.32. The van der Waals surface area contributed by atoms with E-state index in [1.165, 1.54) is 4.90 Å². The molecule has 1 heterocycles. The molecule has 1 aliphatic heterocycles. The zero-order valence-corrected chi connectivity index (χ0v) is 14.6. The molecule has 1 N–H and O–H groups in total. The first-order chi connectivity index (χ1) is 12.1. The number of benzene rings is 1. The van der Waals surface area contributed by atoms with Crippen LogP contribution in [0.15, 0.2) is 24.3 Å². The van der Waals surface area contributed by atoms with E-state index in [0.717, 1.165) is 50.1 Å². The highest BCUT2D eigenvalue weighted by molar-refractivity contribution is 5.65. The maximum Gasteiger partial charge on any atom is 0.407 e. The summed E-state index contributed by atoms with van der Waals surface area (Å²) in [5.74, 6) is 0.791. The van der Waals surface area contributed by atoms with E-state index in [1.54, 1.807) is 7.11 Å². The molecule has 0 atom stereocenters. The highest BCUT2D eigenvalue weighted by atomic mass is 16.5. The summed E-state index contributed by atoms with van der Waals surface area (Å²) in [6.45, 7) is 2.72. The van der Waals surface area contributed by atoms with E-state index in [2.05, 4.69) is 11.0 Å². The highest BCUT2D eigenvalue weighted by Crippen LogP contribution is 2.41. The molecule has 6 heteroatoms. The topological polar surface area (TPSA) is 76.8 Å². The van der Waals surface area contributed by atoms with Crippen LogP contribution in [0, 0.1) is 11.3 Å². The molecule has 2 aliphatic rings. The fourth-order valence-electron chi connectivity index (χ4n) is 4.12. The van der Waals surface area contributed by atoms with Crippen molar-refractivity contribution < 1.29 is 14.6 Å². The first-order valence-electron chi connectivity index (χ1n) is 8.86. The molecule has 3 rings (SSSR count). The molecule has 2 fully saturated rings. The molecule has 0 bridgehead atoms. The van der Waals surface area contributed by atoms with Crippen molar-refractivity contribution in [2.24, 2.45) is 0 Å². The Kier molecular flexibility index (Phi) is 5.14. The van der Waals surface area contributed by atoms with Gasteiger partial charge < -0.3 is 14.7 Å². The van der Waals surface area contributed by atoms with Crippen LogP contribution in [0.3, 0.4) is 0 Å². The van der Waals surface area contributed by atoms with Gasteiger partial charge in [0, 0.05) is 32.2 Å². The summed E-state index contributed by atoms with van der Waals surface area (Å²) in [7, 11) is 1.64. The summed E-state index contributed by atoms with van der Waals surface area (Å²) < 4.78 is 5.31. The van der Waals surface area contributed by atoms with Gasteiger partial charge in [-0.1, -0.05) is 12.1 Å². The normalized spacial score (nSPS) is 27.5. The van der Waals surface area contributed by atoms with Gasteiger partial charge in [-0.25, -0.2) is 4.79 Å². The van der Waals surface area contributed by atoms with Crippen molar-refractivity contribution in [3.8, 4) is 11.8 Å². The number of amides is 1. The smallest absolute Gasteiger partial charge is 0.407 e. The van der Waals surface area contributed by atoms with Crippen LogP contribution in [0.1, 0.15) is 31.2 Å². The zero-order chi connectivity index (χ0) is 17.9. The number of hydrogen-bond donors (Lipinski definition) is 1. The average Bonchev–Trinajstić information content (AvgIpc) is 2.68. The van der Waals surface area contributed by atoms with Gasteiger partial charge in [-0.3, -0.25) is 4.90 Å². The number of methoxy groups -OCH3 is 1. The lowest BCUT2D eigenvalue weighted by Gasteiger charge is -2.43. The molecule has 6 nitrogen and oxygen atoms in total. The van der Waals surface area contributed by atoms with E-state index in [9.17, 15) is 10.1 Å². The number of nitriles is 1. The van der Waals surface area contributed by atoms with Gasteiger partial charge in [0.25, 0.3) is 0 Å². The lowest BCUT2D eigenvalue weighted by Crippen LogP contribution is -2.53. The molecular formula is C19H25N3O3. The summed E-state index contributed by atoms with van der Waals surface area (Å²) in [6.07, 6.45) is 2.78. The van der Waals surface area contributed by atoms with Gasteiger partial charge in [0.15, 0.2) is 0 Å². The van der Waals surface area contributed by atoms with Crippen molar-refractivity contribution in [3.05, 3.63) is 29.8 Å². The summed E-state index contributed by atoms with van der Waals surface area (Å²) in [4.78, 5) is 14.9. The van der Waals surface area contributed by atoms with Crippen LogP contribution in [-0.2, 0) is 5.41 Å². The minimum Gasteiger partial charge on any atom is -0.497 e. The van der Waals surface area contributed by atoms with Gasteiger partial charge in [-0.05, 0) is 43.4 Å². The molecule has 0 aromatic heterocycles. The fraction of sp³-hybridized carbons (Fsp3) is 0.579. The minimum absolute atomic E-state index is 0.437. The van der Waals surface area contributed by atoms with Gasteiger partial charge in [0.2, 0.25) is 0 Å². The molecule has 1 aromatic rings. The molecule has 134 valence electrons. The van der Waals surface area contributed by atoms with Crippen molar-refractivity contribution in [1.29, 1.82) is 5.26 Å². The Morgan fingerprint density at radius 1 is 1.28 bits per heavy atom. The Labute approximate surface area is 148 Å². The van der Waals surface area contributed by atoms with Crippen molar-refractivity contribution in [1.82, 2.24) is 9.80 Å². The molecule has 0 spiro atoms. The summed E-state index contributed by atoms with van der Waals surface area (Å²) in [5, 5.41) is 18.9. The van der Waals surface area contributed by atoms with Gasteiger partial charge in [-0.2, -0.15) is 5.26 Å². The van der Waals surface area contributed by atoms with Crippen molar-refractivity contribution in [3.63, 3.8) is 0 Å².